The highest BCUT2D eigenvalue weighted by Gasteiger charge is 2.47. The third kappa shape index (κ3) is 7.19. The first-order valence-electron chi connectivity index (χ1n) is 9.90. The van der Waals surface area contributed by atoms with Crippen molar-refractivity contribution in [2.75, 3.05) is 63.9 Å². The van der Waals surface area contributed by atoms with Gasteiger partial charge in [-0.1, -0.05) is 0 Å². The van der Waals surface area contributed by atoms with E-state index in [9.17, 15) is 18.0 Å². The number of alkyl halides is 3. The molecule has 1 unspecified atom stereocenters. The molecule has 32 heavy (non-hydrogen) atoms. The number of amides is 1. The third-order valence-electron chi connectivity index (χ3n) is 5.12. The highest BCUT2D eigenvalue weighted by atomic mass is 19.4. The Labute approximate surface area is 183 Å². The molecule has 1 aromatic rings. The molecule has 2 saturated heterocycles. The van der Waals surface area contributed by atoms with Crippen LogP contribution in [0.4, 0.5) is 24.8 Å². The topological polar surface area (TPSA) is 117 Å². The Morgan fingerprint density at radius 1 is 1.38 bits per heavy atom. The van der Waals surface area contributed by atoms with Gasteiger partial charge in [0, 0.05) is 33.8 Å². The van der Waals surface area contributed by atoms with Gasteiger partial charge in [-0.05, 0) is 18.8 Å². The van der Waals surface area contributed by atoms with Gasteiger partial charge in [-0.3, -0.25) is 4.79 Å². The maximum atomic E-state index is 11.5. The van der Waals surface area contributed by atoms with Crippen molar-refractivity contribution in [3.8, 4) is 0 Å². The summed E-state index contributed by atoms with van der Waals surface area (Å²) in [6.07, 6.45) is -1.40. The Morgan fingerprint density at radius 3 is 2.53 bits per heavy atom. The van der Waals surface area contributed by atoms with Gasteiger partial charge in [0.2, 0.25) is 5.91 Å². The number of hydrogen-bond acceptors (Lipinski definition) is 8. The van der Waals surface area contributed by atoms with Gasteiger partial charge >= 0.3 is 12.1 Å². The molecule has 2 N–H and O–H groups in total. The van der Waals surface area contributed by atoms with Crippen LogP contribution >= 0.6 is 0 Å². The Hall–Kier alpha value is -2.67. The van der Waals surface area contributed by atoms with Crippen LogP contribution in [0.25, 0.3) is 0 Å². The van der Waals surface area contributed by atoms with Crippen LogP contribution < -0.4 is 15.1 Å². The smallest absolute Gasteiger partial charge is 0.475 e. The second-order valence-corrected chi connectivity index (χ2v) is 7.92. The number of aliphatic carboxylic acids is 1. The van der Waals surface area contributed by atoms with Gasteiger partial charge < -0.3 is 29.7 Å². The van der Waals surface area contributed by atoms with Crippen LogP contribution in [0.5, 0.6) is 0 Å². The fraction of sp³-hybridized carbons (Fsp3) is 0.684. The van der Waals surface area contributed by atoms with Crippen LogP contribution in [0.3, 0.4) is 0 Å². The zero-order valence-corrected chi connectivity index (χ0v) is 18.2. The number of carboxylic acid groups (broad SMARTS) is 1. The van der Waals surface area contributed by atoms with Crippen molar-refractivity contribution in [1.29, 1.82) is 0 Å². The van der Waals surface area contributed by atoms with Gasteiger partial charge in [-0.25, -0.2) is 14.8 Å². The molecule has 0 aromatic carbocycles. The number of halogens is 3. The first-order valence-corrected chi connectivity index (χ1v) is 9.90. The number of aromatic nitrogens is 2. The lowest BCUT2D eigenvalue weighted by molar-refractivity contribution is -0.192. The van der Waals surface area contributed by atoms with E-state index in [1.54, 1.807) is 6.33 Å². The molecule has 0 radical (unpaired) electrons. The van der Waals surface area contributed by atoms with Crippen molar-refractivity contribution in [3.05, 3.63) is 12.4 Å². The molecular formula is C19H28F3N5O5. The molecule has 1 spiro atoms. The Kier molecular flexibility index (Phi) is 8.61. The number of rotatable bonds is 6. The number of anilines is 2. The van der Waals surface area contributed by atoms with E-state index < -0.39 is 12.1 Å². The van der Waals surface area contributed by atoms with Crippen molar-refractivity contribution in [1.82, 2.24) is 15.3 Å². The van der Waals surface area contributed by atoms with Gasteiger partial charge in [-0.2, -0.15) is 13.2 Å². The summed E-state index contributed by atoms with van der Waals surface area (Å²) < 4.78 is 42.7. The van der Waals surface area contributed by atoms with E-state index in [2.05, 4.69) is 20.2 Å². The maximum Gasteiger partial charge on any atom is 0.490 e. The number of carboxylic acids is 1. The summed E-state index contributed by atoms with van der Waals surface area (Å²) in [5, 5.41) is 10.0. The molecule has 13 heteroatoms. The van der Waals surface area contributed by atoms with E-state index in [4.69, 9.17) is 19.4 Å². The van der Waals surface area contributed by atoms with Crippen LogP contribution in [0, 0.1) is 5.92 Å². The summed E-state index contributed by atoms with van der Waals surface area (Å²) in [5.41, 5.74) is -0.0593. The van der Waals surface area contributed by atoms with Crippen molar-refractivity contribution < 1.29 is 37.3 Å². The first kappa shape index (κ1) is 25.6. The van der Waals surface area contributed by atoms with Crippen LogP contribution in [0.1, 0.15) is 12.8 Å². The normalized spacial score (nSPS) is 19.4. The van der Waals surface area contributed by atoms with E-state index in [1.165, 1.54) is 7.11 Å². The van der Waals surface area contributed by atoms with Crippen LogP contribution in [-0.4, -0.2) is 92.8 Å². The van der Waals surface area contributed by atoms with E-state index in [1.807, 2.05) is 25.1 Å². The maximum absolute atomic E-state index is 11.5. The van der Waals surface area contributed by atoms with Gasteiger partial charge in [0.25, 0.3) is 0 Å². The predicted octanol–water partition coefficient (Wildman–Crippen LogP) is 0.924. The number of methoxy groups -OCH3 is 1. The minimum absolute atomic E-state index is 0.0593. The largest absolute Gasteiger partial charge is 0.490 e. The Bertz CT molecular complexity index is 777. The second-order valence-electron chi connectivity index (χ2n) is 7.92. The minimum atomic E-state index is -5.08. The molecule has 0 saturated carbocycles. The average Bonchev–Trinajstić information content (AvgIpc) is 2.71. The van der Waals surface area contributed by atoms with Crippen LogP contribution in [-0.2, 0) is 19.1 Å². The average molecular weight is 463 g/mol. The Balaban J connectivity index is 0.000000451. The van der Waals surface area contributed by atoms with Gasteiger partial charge in [0.1, 0.15) is 30.2 Å². The summed E-state index contributed by atoms with van der Waals surface area (Å²) in [7, 11) is 5.47. The zero-order valence-electron chi connectivity index (χ0n) is 18.2. The van der Waals surface area contributed by atoms with Gasteiger partial charge in [0.15, 0.2) is 0 Å². The molecule has 1 atom stereocenters. The monoisotopic (exact) mass is 463 g/mol. The summed E-state index contributed by atoms with van der Waals surface area (Å²) in [6, 6.07) is 2.00. The third-order valence-corrected chi connectivity index (χ3v) is 5.12. The van der Waals surface area contributed by atoms with Crippen molar-refractivity contribution in [2.24, 2.45) is 5.92 Å². The number of nitrogens with one attached hydrogen (secondary N) is 1. The van der Waals surface area contributed by atoms with Gasteiger partial charge in [0.05, 0.1) is 19.7 Å². The number of carbonyl (C=O) groups is 2. The Morgan fingerprint density at radius 2 is 2.03 bits per heavy atom. The number of hydrogen-bond donors (Lipinski definition) is 2. The SMILES string of the molecule is COCC(=O)NCC1CCC2(CN(c3cc(N(C)C)ncn3)C2)OC1.O=C(O)C(F)(F)F. The summed E-state index contributed by atoms with van der Waals surface area (Å²) in [5.74, 6) is -0.602. The highest BCUT2D eigenvalue weighted by Crippen LogP contribution is 2.38. The van der Waals surface area contributed by atoms with Crippen molar-refractivity contribution in [3.63, 3.8) is 0 Å². The summed E-state index contributed by atoms with van der Waals surface area (Å²) >= 11 is 0. The van der Waals surface area contributed by atoms with Crippen molar-refractivity contribution in [2.45, 2.75) is 24.6 Å². The fourth-order valence-electron chi connectivity index (χ4n) is 3.33. The molecule has 3 heterocycles. The summed E-state index contributed by atoms with van der Waals surface area (Å²) in [6.45, 7) is 3.17. The lowest BCUT2D eigenvalue weighted by Gasteiger charge is -2.53. The molecule has 1 amide bonds. The van der Waals surface area contributed by atoms with E-state index in [-0.39, 0.29) is 18.1 Å². The number of ether oxygens (including phenoxy) is 2. The van der Waals surface area contributed by atoms with E-state index >= 15 is 0 Å². The molecule has 1 aromatic heterocycles. The predicted molar refractivity (Wildman–Crippen MR) is 109 cm³/mol. The lowest BCUT2D eigenvalue weighted by atomic mass is 9.83. The molecule has 0 aliphatic carbocycles. The molecule has 2 fully saturated rings. The van der Waals surface area contributed by atoms with E-state index in [0.29, 0.717) is 19.1 Å². The zero-order chi connectivity index (χ0) is 23.9. The number of nitrogens with zero attached hydrogens (tertiary/aromatic N) is 4. The molecule has 10 nitrogen and oxygen atoms in total. The molecule has 0 bridgehead atoms. The first-order chi connectivity index (χ1) is 15.0. The molecule has 2 aliphatic rings. The molecule has 180 valence electrons. The minimum Gasteiger partial charge on any atom is -0.475 e. The fourth-order valence-corrected chi connectivity index (χ4v) is 3.33. The second kappa shape index (κ2) is 10.8. The lowest BCUT2D eigenvalue weighted by Crippen LogP contribution is -2.65. The highest BCUT2D eigenvalue weighted by molar-refractivity contribution is 5.77. The molecule has 2 aliphatic heterocycles. The van der Waals surface area contributed by atoms with Crippen LogP contribution in [0.2, 0.25) is 0 Å². The van der Waals surface area contributed by atoms with Gasteiger partial charge in [-0.15, -0.1) is 0 Å². The standard InChI is InChI=1S/C17H27N5O3.C2HF3O2/c1-21(2)14-6-15(20-12-19-14)22-10-17(11-22)5-4-13(8-25-17)7-18-16(23)9-24-3;3-2(4,5)1(6)7/h6,12-13H,4-5,7-11H2,1-3H3,(H,18,23);(H,6,7). The molecular weight excluding hydrogens is 435 g/mol. The number of carbonyl (C=O) groups excluding carboxylic acids is 1. The quantitative estimate of drug-likeness (QED) is 0.635. The van der Waals surface area contributed by atoms with E-state index in [0.717, 1.165) is 37.6 Å². The van der Waals surface area contributed by atoms with Crippen LogP contribution in [0.15, 0.2) is 12.4 Å². The molecule has 3 rings (SSSR count). The summed E-state index contributed by atoms with van der Waals surface area (Å²) in [4.78, 5) is 33.2. The van der Waals surface area contributed by atoms with Crippen molar-refractivity contribution >= 4 is 23.5 Å².